The second-order valence-corrected chi connectivity index (χ2v) is 4.14. The van der Waals surface area contributed by atoms with Crippen LogP contribution in [0.15, 0.2) is 24.3 Å². The molecule has 0 spiro atoms. The largest absolute Gasteiger partial charge is 0.481 e. The molecular weight excluding hydrogens is 264 g/mol. The van der Waals surface area contributed by atoms with Crippen molar-refractivity contribution in [3.8, 4) is 0 Å². The lowest BCUT2D eigenvalue weighted by Gasteiger charge is -2.24. The molecule has 0 saturated heterocycles. The second kappa shape index (κ2) is 7.46. The van der Waals surface area contributed by atoms with Crippen molar-refractivity contribution < 1.29 is 24.2 Å². The van der Waals surface area contributed by atoms with Crippen LogP contribution in [0.2, 0.25) is 0 Å². The fourth-order valence-electron chi connectivity index (χ4n) is 1.76. The lowest BCUT2D eigenvalue weighted by atomic mass is 10.1. The first-order valence-electron chi connectivity index (χ1n) is 5.91. The maximum absolute atomic E-state index is 12.1. The van der Waals surface area contributed by atoms with E-state index in [0.717, 1.165) is 0 Å². The van der Waals surface area contributed by atoms with Gasteiger partial charge in [-0.15, -0.1) is 0 Å². The molecule has 0 aliphatic rings. The van der Waals surface area contributed by atoms with Gasteiger partial charge in [-0.2, -0.15) is 0 Å². The standard InChI is InChI=1S/C13H18N2O5/c1-19-13(20-2)10(7-11(16)17)15-12(18)8-4-3-5-9(14)6-8/h3-6,10,13H,7,14H2,1-2H3,(H,15,18)(H,16,17)/t10-/m0/s1. The summed E-state index contributed by atoms with van der Waals surface area (Å²) in [5, 5.41) is 11.4. The van der Waals surface area contributed by atoms with Gasteiger partial charge in [-0.25, -0.2) is 0 Å². The number of nitrogens with one attached hydrogen (secondary N) is 1. The Bertz CT molecular complexity index is 474. The van der Waals surface area contributed by atoms with Crippen LogP contribution in [0.1, 0.15) is 16.8 Å². The lowest BCUT2D eigenvalue weighted by Crippen LogP contribution is -2.46. The summed E-state index contributed by atoms with van der Waals surface area (Å²) in [6.07, 6.45) is -1.17. The Morgan fingerprint density at radius 3 is 2.50 bits per heavy atom. The third kappa shape index (κ3) is 4.52. The minimum atomic E-state index is -1.07. The van der Waals surface area contributed by atoms with Crippen molar-refractivity contribution in [2.24, 2.45) is 0 Å². The predicted molar refractivity (Wildman–Crippen MR) is 72.2 cm³/mol. The van der Waals surface area contributed by atoms with Gasteiger partial charge >= 0.3 is 5.97 Å². The number of anilines is 1. The number of nitrogens with two attached hydrogens (primary N) is 1. The van der Waals surface area contributed by atoms with Crippen LogP contribution in [0, 0.1) is 0 Å². The fourth-order valence-corrected chi connectivity index (χ4v) is 1.76. The zero-order valence-electron chi connectivity index (χ0n) is 11.3. The lowest BCUT2D eigenvalue weighted by molar-refractivity contribution is -0.147. The van der Waals surface area contributed by atoms with E-state index in [1.54, 1.807) is 18.2 Å². The molecule has 1 atom stereocenters. The highest BCUT2D eigenvalue weighted by Gasteiger charge is 2.26. The summed E-state index contributed by atoms with van der Waals surface area (Å²) in [6, 6.07) is 5.57. The third-order valence-electron chi connectivity index (χ3n) is 2.65. The number of hydrogen-bond donors (Lipinski definition) is 3. The smallest absolute Gasteiger partial charge is 0.305 e. The molecule has 0 saturated carbocycles. The van der Waals surface area contributed by atoms with Gasteiger partial charge in [0.25, 0.3) is 5.91 Å². The molecule has 4 N–H and O–H groups in total. The second-order valence-electron chi connectivity index (χ2n) is 4.14. The highest BCUT2D eigenvalue weighted by Crippen LogP contribution is 2.09. The van der Waals surface area contributed by atoms with Crippen molar-refractivity contribution in [1.82, 2.24) is 5.32 Å². The van der Waals surface area contributed by atoms with Gasteiger partial charge in [-0.3, -0.25) is 9.59 Å². The van der Waals surface area contributed by atoms with Crippen molar-refractivity contribution in [3.63, 3.8) is 0 Å². The fraction of sp³-hybridized carbons (Fsp3) is 0.385. The molecule has 0 aliphatic heterocycles. The molecule has 0 heterocycles. The van der Waals surface area contributed by atoms with E-state index in [0.29, 0.717) is 11.3 Å². The van der Waals surface area contributed by atoms with Crippen molar-refractivity contribution in [1.29, 1.82) is 0 Å². The molecule has 1 aromatic rings. The summed E-state index contributed by atoms with van der Waals surface area (Å²) in [7, 11) is 2.74. The Labute approximate surface area is 116 Å². The van der Waals surface area contributed by atoms with E-state index >= 15 is 0 Å². The average Bonchev–Trinajstić information content (AvgIpc) is 2.39. The quantitative estimate of drug-likeness (QED) is 0.495. The SMILES string of the molecule is COC(OC)[C@H](CC(=O)O)NC(=O)c1cccc(N)c1. The van der Waals surface area contributed by atoms with Crippen LogP contribution < -0.4 is 11.1 Å². The number of rotatable bonds is 7. The maximum Gasteiger partial charge on any atom is 0.305 e. The Balaban J connectivity index is 2.83. The number of carbonyl (C=O) groups is 2. The van der Waals surface area contributed by atoms with E-state index in [-0.39, 0.29) is 6.42 Å². The molecule has 7 nitrogen and oxygen atoms in total. The first-order valence-corrected chi connectivity index (χ1v) is 5.91. The molecule has 7 heteroatoms. The summed E-state index contributed by atoms with van der Waals surface area (Å²) in [5.74, 6) is -1.51. The van der Waals surface area contributed by atoms with Crippen LogP contribution in [0.4, 0.5) is 5.69 Å². The van der Waals surface area contributed by atoms with Crippen LogP contribution in [-0.4, -0.2) is 43.5 Å². The van der Waals surface area contributed by atoms with Crippen molar-refractivity contribution in [2.45, 2.75) is 18.8 Å². The van der Waals surface area contributed by atoms with Gasteiger partial charge in [0.1, 0.15) is 0 Å². The predicted octanol–water partition coefficient (Wildman–Crippen LogP) is 0.461. The highest BCUT2D eigenvalue weighted by molar-refractivity contribution is 5.95. The van der Waals surface area contributed by atoms with E-state index < -0.39 is 24.2 Å². The summed E-state index contributed by atoms with van der Waals surface area (Å²) in [4.78, 5) is 22.9. The summed E-state index contributed by atoms with van der Waals surface area (Å²) in [6.45, 7) is 0. The third-order valence-corrected chi connectivity index (χ3v) is 2.65. The van der Waals surface area contributed by atoms with Gasteiger partial charge in [0.15, 0.2) is 6.29 Å². The molecule has 0 radical (unpaired) electrons. The summed E-state index contributed by atoms with van der Waals surface area (Å²) >= 11 is 0. The molecular formula is C13H18N2O5. The zero-order valence-corrected chi connectivity index (χ0v) is 11.3. The van der Waals surface area contributed by atoms with E-state index in [1.807, 2.05) is 0 Å². The van der Waals surface area contributed by atoms with Gasteiger partial charge in [-0.1, -0.05) is 6.07 Å². The Morgan fingerprint density at radius 1 is 1.35 bits per heavy atom. The number of hydrogen-bond acceptors (Lipinski definition) is 5. The van der Waals surface area contributed by atoms with Gasteiger partial charge < -0.3 is 25.6 Å². The van der Waals surface area contributed by atoms with Crippen LogP contribution in [-0.2, 0) is 14.3 Å². The number of carboxylic acids is 1. The number of carboxylic acid groups (broad SMARTS) is 1. The normalized spacial score (nSPS) is 12.2. The van der Waals surface area contributed by atoms with Crippen LogP contribution in [0.3, 0.4) is 0 Å². The first-order chi connectivity index (χ1) is 9.47. The minimum Gasteiger partial charge on any atom is -0.481 e. The molecule has 20 heavy (non-hydrogen) atoms. The molecule has 1 amide bonds. The maximum atomic E-state index is 12.1. The van der Waals surface area contributed by atoms with E-state index in [4.69, 9.17) is 20.3 Å². The van der Waals surface area contributed by atoms with Gasteiger partial charge in [0.2, 0.25) is 0 Å². The number of methoxy groups -OCH3 is 2. The van der Waals surface area contributed by atoms with E-state index in [1.165, 1.54) is 20.3 Å². The Hall–Kier alpha value is -2.12. The first kappa shape index (κ1) is 15.9. The summed E-state index contributed by atoms with van der Waals surface area (Å²) in [5.41, 5.74) is 6.38. The topological polar surface area (TPSA) is 111 Å². The number of benzene rings is 1. The number of nitrogen functional groups attached to an aromatic ring is 1. The van der Waals surface area contributed by atoms with E-state index in [2.05, 4.69) is 5.32 Å². The molecule has 110 valence electrons. The van der Waals surface area contributed by atoms with Crippen LogP contribution in [0.25, 0.3) is 0 Å². The monoisotopic (exact) mass is 282 g/mol. The zero-order chi connectivity index (χ0) is 15.1. The molecule has 0 aromatic heterocycles. The number of carbonyl (C=O) groups excluding carboxylic acids is 1. The van der Waals surface area contributed by atoms with E-state index in [9.17, 15) is 9.59 Å². The number of aliphatic carboxylic acids is 1. The molecule has 1 rings (SSSR count). The van der Waals surface area contributed by atoms with Crippen LogP contribution >= 0.6 is 0 Å². The van der Waals surface area contributed by atoms with Gasteiger partial charge in [0, 0.05) is 25.5 Å². The summed E-state index contributed by atoms with van der Waals surface area (Å²) < 4.78 is 10.00. The molecule has 1 aromatic carbocycles. The van der Waals surface area contributed by atoms with Crippen molar-refractivity contribution in [3.05, 3.63) is 29.8 Å². The Morgan fingerprint density at radius 2 is 2.00 bits per heavy atom. The number of ether oxygens (including phenoxy) is 2. The van der Waals surface area contributed by atoms with Gasteiger partial charge in [0.05, 0.1) is 12.5 Å². The van der Waals surface area contributed by atoms with Crippen molar-refractivity contribution >= 4 is 17.6 Å². The molecule has 0 bridgehead atoms. The highest BCUT2D eigenvalue weighted by atomic mass is 16.7. The number of amides is 1. The Kier molecular flexibility index (Phi) is 5.95. The van der Waals surface area contributed by atoms with Crippen LogP contribution in [0.5, 0.6) is 0 Å². The van der Waals surface area contributed by atoms with Gasteiger partial charge in [-0.05, 0) is 18.2 Å². The molecule has 0 fully saturated rings. The minimum absolute atomic E-state index is 0.319. The average molecular weight is 282 g/mol. The molecule has 0 unspecified atom stereocenters. The molecule has 0 aliphatic carbocycles. The van der Waals surface area contributed by atoms with Crippen molar-refractivity contribution in [2.75, 3.05) is 20.0 Å².